The van der Waals surface area contributed by atoms with E-state index in [9.17, 15) is 14.7 Å². The monoisotopic (exact) mass is 227 g/mol. The van der Waals surface area contributed by atoms with Gasteiger partial charge in [-0.15, -0.1) is 0 Å². The van der Waals surface area contributed by atoms with Crippen LogP contribution in [-0.4, -0.2) is 34.0 Å². The Morgan fingerprint density at radius 3 is 2.19 bits per heavy atom. The third-order valence-electron chi connectivity index (χ3n) is 2.92. The maximum atomic E-state index is 11.7. The predicted molar refractivity (Wildman–Crippen MR) is 60.7 cm³/mol. The lowest BCUT2D eigenvalue weighted by Gasteiger charge is -2.29. The van der Waals surface area contributed by atoms with E-state index in [0.29, 0.717) is 19.3 Å². The highest BCUT2D eigenvalue weighted by Gasteiger charge is 2.31. The second-order valence-corrected chi connectivity index (χ2v) is 4.83. The Bertz CT molecular complexity index is 255. The summed E-state index contributed by atoms with van der Waals surface area (Å²) in [5.41, 5.74) is -0.954. The number of aliphatic hydroxyl groups is 1. The van der Waals surface area contributed by atoms with E-state index in [-0.39, 0.29) is 18.4 Å². The fraction of sp³-hybridized carbons (Fsp3) is 0.833. The molecule has 0 aromatic rings. The summed E-state index contributed by atoms with van der Waals surface area (Å²) in [5.74, 6) is -0.280. The first-order valence-corrected chi connectivity index (χ1v) is 6.02. The molecule has 1 atom stereocenters. The molecule has 0 saturated carbocycles. The summed E-state index contributed by atoms with van der Waals surface area (Å²) in [6.07, 6.45) is 3.84. The molecule has 0 aliphatic carbocycles. The molecule has 1 aliphatic rings. The van der Waals surface area contributed by atoms with Gasteiger partial charge in [-0.3, -0.25) is 14.5 Å². The Balaban J connectivity index is 2.68. The van der Waals surface area contributed by atoms with Crippen LogP contribution in [0.15, 0.2) is 0 Å². The van der Waals surface area contributed by atoms with Crippen LogP contribution in [0.5, 0.6) is 0 Å². The van der Waals surface area contributed by atoms with Gasteiger partial charge < -0.3 is 5.11 Å². The first-order chi connectivity index (χ1) is 7.46. The molecule has 1 rings (SSSR count). The zero-order valence-electron chi connectivity index (χ0n) is 10.2. The van der Waals surface area contributed by atoms with Crippen molar-refractivity contribution in [3.8, 4) is 0 Å². The minimum Gasteiger partial charge on any atom is -0.388 e. The lowest BCUT2D eigenvalue weighted by Crippen LogP contribution is -2.46. The summed E-state index contributed by atoms with van der Waals surface area (Å²) in [7, 11) is 0. The summed E-state index contributed by atoms with van der Waals surface area (Å²) < 4.78 is 0. The first kappa shape index (κ1) is 13.2. The van der Waals surface area contributed by atoms with Crippen LogP contribution < -0.4 is 0 Å². The van der Waals surface area contributed by atoms with E-state index in [1.165, 1.54) is 4.90 Å². The number of hydrogen-bond donors (Lipinski definition) is 1. The summed E-state index contributed by atoms with van der Waals surface area (Å²) in [5, 5.41) is 10.0. The van der Waals surface area contributed by atoms with Crippen molar-refractivity contribution in [1.82, 2.24) is 4.90 Å². The van der Waals surface area contributed by atoms with Gasteiger partial charge in [-0.1, -0.05) is 13.3 Å². The number of nitrogens with zero attached hydrogens (tertiary/aromatic N) is 1. The Morgan fingerprint density at radius 2 is 1.75 bits per heavy atom. The normalized spacial score (nSPS) is 21.8. The standard InChI is InChI=1S/C12H21NO3/c1-3-8-12(2,16)9-13-10(14)6-4-5-7-11(13)15/h16H,3-9H2,1-2H3. The molecule has 0 radical (unpaired) electrons. The largest absolute Gasteiger partial charge is 0.388 e. The zero-order chi connectivity index (χ0) is 12.2. The van der Waals surface area contributed by atoms with E-state index in [2.05, 4.69) is 0 Å². The van der Waals surface area contributed by atoms with E-state index < -0.39 is 5.60 Å². The van der Waals surface area contributed by atoms with Crippen LogP contribution in [0.4, 0.5) is 0 Å². The molecule has 1 aliphatic heterocycles. The molecule has 16 heavy (non-hydrogen) atoms. The van der Waals surface area contributed by atoms with Crippen LogP contribution in [-0.2, 0) is 9.59 Å². The average Bonchev–Trinajstić information content (AvgIpc) is 2.32. The van der Waals surface area contributed by atoms with Gasteiger partial charge in [-0.25, -0.2) is 0 Å². The molecular formula is C12H21NO3. The van der Waals surface area contributed by atoms with Crippen LogP contribution in [0.1, 0.15) is 52.4 Å². The summed E-state index contributed by atoms with van der Waals surface area (Å²) in [4.78, 5) is 24.6. The lowest BCUT2D eigenvalue weighted by molar-refractivity contribution is -0.147. The molecule has 0 aromatic carbocycles. The highest BCUT2D eigenvalue weighted by molar-refractivity contribution is 5.96. The molecule has 2 amide bonds. The van der Waals surface area contributed by atoms with E-state index in [0.717, 1.165) is 19.3 Å². The number of amides is 2. The van der Waals surface area contributed by atoms with Crippen molar-refractivity contribution in [3.05, 3.63) is 0 Å². The van der Waals surface area contributed by atoms with Gasteiger partial charge >= 0.3 is 0 Å². The van der Waals surface area contributed by atoms with Gasteiger partial charge in [0.2, 0.25) is 11.8 Å². The van der Waals surface area contributed by atoms with Crippen molar-refractivity contribution in [3.63, 3.8) is 0 Å². The summed E-state index contributed by atoms with van der Waals surface area (Å²) in [6.45, 7) is 3.79. The third-order valence-corrected chi connectivity index (χ3v) is 2.92. The van der Waals surface area contributed by atoms with Gasteiger partial charge in [-0.05, 0) is 26.2 Å². The second-order valence-electron chi connectivity index (χ2n) is 4.83. The van der Waals surface area contributed by atoms with Gasteiger partial charge in [0.05, 0.1) is 12.1 Å². The number of carbonyl (C=O) groups excluding carboxylic acids is 2. The Labute approximate surface area is 96.6 Å². The van der Waals surface area contributed by atoms with Gasteiger partial charge in [0.25, 0.3) is 0 Å². The van der Waals surface area contributed by atoms with Crippen molar-refractivity contribution in [1.29, 1.82) is 0 Å². The fourth-order valence-corrected chi connectivity index (χ4v) is 2.10. The average molecular weight is 227 g/mol. The highest BCUT2D eigenvalue weighted by Crippen LogP contribution is 2.18. The third kappa shape index (κ3) is 3.59. The smallest absolute Gasteiger partial charge is 0.229 e. The van der Waals surface area contributed by atoms with E-state index in [1.807, 2.05) is 6.92 Å². The number of carbonyl (C=O) groups is 2. The number of rotatable bonds is 4. The molecule has 0 spiro atoms. The van der Waals surface area contributed by atoms with E-state index in [1.54, 1.807) is 6.92 Å². The molecule has 1 heterocycles. The molecule has 92 valence electrons. The highest BCUT2D eigenvalue weighted by atomic mass is 16.3. The van der Waals surface area contributed by atoms with Crippen molar-refractivity contribution in [2.24, 2.45) is 0 Å². The van der Waals surface area contributed by atoms with Crippen LogP contribution in [0.3, 0.4) is 0 Å². The number of likely N-dealkylation sites (tertiary alicyclic amines) is 1. The van der Waals surface area contributed by atoms with Crippen molar-refractivity contribution < 1.29 is 14.7 Å². The summed E-state index contributed by atoms with van der Waals surface area (Å²) in [6, 6.07) is 0. The Morgan fingerprint density at radius 1 is 1.25 bits per heavy atom. The van der Waals surface area contributed by atoms with Gasteiger partial charge in [0.15, 0.2) is 0 Å². The molecule has 1 unspecified atom stereocenters. The van der Waals surface area contributed by atoms with Crippen molar-refractivity contribution >= 4 is 11.8 Å². The van der Waals surface area contributed by atoms with Gasteiger partial charge in [0.1, 0.15) is 0 Å². The zero-order valence-corrected chi connectivity index (χ0v) is 10.2. The maximum Gasteiger partial charge on any atom is 0.229 e. The minimum atomic E-state index is -0.954. The number of hydrogen-bond acceptors (Lipinski definition) is 3. The molecule has 1 saturated heterocycles. The Hall–Kier alpha value is -0.900. The predicted octanol–water partition coefficient (Wildman–Crippen LogP) is 1.47. The van der Waals surface area contributed by atoms with Gasteiger partial charge in [-0.2, -0.15) is 0 Å². The SMILES string of the molecule is CCCC(C)(O)CN1C(=O)CCCCC1=O. The molecule has 1 fully saturated rings. The summed E-state index contributed by atoms with van der Waals surface area (Å²) >= 11 is 0. The molecule has 1 N–H and O–H groups in total. The van der Waals surface area contributed by atoms with Crippen LogP contribution in [0.25, 0.3) is 0 Å². The van der Waals surface area contributed by atoms with E-state index >= 15 is 0 Å². The fourth-order valence-electron chi connectivity index (χ4n) is 2.10. The number of β-amino-alcohol motifs (C(OH)–C–C–N with tert-alkyl or cyclic N) is 1. The van der Waals surface area contributed by atoms with Gasteiger partial charge in [0, 0.05) is 12.8 Å². The molecular weight excluding hydrogens is 206 g/mol. The molecule has 4 heteroatoms. The molecule has 0 bridgehead atoms. The minimum absolute atomic E-state index is 0.137. The second kappa shape index (κ2) is 5.43. The number of imide groups is 1. The molecule has 0 aromatic heterocycles. The topological polar surface area (TPSA) is 57.6 Å². The van der Waals surface area contributed by atoms with Crippen LogP contribution in [0.2, 0.25) is 0 Å². The molecule has 4 nitrogen and oxygen atoms in total. The van der Waals surface area contributed by atoms with Crippen LogP contribution in [0, 0.1) is 0 Å². The van der Waals surface area contributed by atoms with Crippen LogP contribution >= 0.6 is 0 Å². The Kier molecular flexibility index (Phi) is 4.47. The maximum absolute atomic E-state index is 11.7. The van der Waals surface area contributed by atoms with E-state index in [4.69, 9.17) is 0 Å². The first-order valence-electron chi connectivity index (χ1n) is 6.02. The van der Waals surface area contributed by atoms with Crippen molar-refractivity contribution in [2.45, 2.75) is 58.0 Å². The quantitative estimate of drug-likeness (QED) is 0.740. The lowest BCUT2D eigenvalue weighted by atomic mass is 10.00. The van der Waals surface area contributed by atoms with Crippen molar-refractivity contribution in [2.75, 3.05) is 6.54 Å².